The fourth-order valence-electron chi connectivity index (χ4n) is 2.14. The Labute approximate surface area is 122 Å². The van der Waals surface area contributed by atoms with Crippen molar-refractivity contribution in [3.63, 3.8) is 0 Å². The number of pyridine rings is 1. The van der Waals surface area contributed by atoms with Crippen molar-refractivity contribution in [2.24, 2.45) is 0 Å². The molecule has 0 spiro atoms. The highest BCUT2D eigenvalue weighted by Gasteiger charge is 2.24. The van der Waals surface area contributed by atoms with Crippen LogP contribution in [0.5, 0.6) is 5.88 Å². The molecule has 0 bridgehead atoms. The first-order valence-electron chi connectivity index (χ1n) is 6.73. The van der Waals surface area contributed by atoms with Crippen molar-refractivity contribution in [3.05, 3.63) is 22.8 Å². The second-order valence-corrected chi connectivity index (χ2v) is 5.58. The van der Waals surface area contributed by atoms with Gasteiger partial charge >= 0.3 is 0 Å². The topological polar surface area (TPSA) is 42.4 Å². The van der Waals surface area contributed by atoms with Gasteiger partial charge in [0.15, 0.2) is 0 Å². The molecule has 0 aromatic carbocycles. The summed E-state index contributed by atoms with van der Waals surface area (Å²) in [5, 5.41) is 0.290. The lowest BCUT2D eigenvalue weighted by Gasteiger charge is -2.29. The van der Waals surface area contributed by atoms with Gasteiger partial charge in [-0.1, -0.05) is 11.6 Å². The third kappa shape index (κ3) is 3.60. The van der Waals surface area contributed by atoms with Crippen molar-refractivity contribution < 1.29 is 13.9 Å². The fraction of sp³-hybridized carbons (Fsp3) is 0.571. The number of hydrogen-bond donors (Lipinski definition) is 0. The third-order valence-corrected chi connectivity index (χ3v) is 3.32. The number of amides is 1. The highest BCUT2D eigenvalue weighted by Crippen LogP contribution is 2.24. The number of nitrogens with zero attached hydrogens (tertiary/aromatic N) is 2. The summed E-state index contributed by atoms with van der Waals surface area (Å²) in [6.07, 6.45) is 1.64. The van der Waals surface area contributed by atoms with E-state index in [9.17, 15) is 9.18 Å². The zero-order valence-electron chi connectivity index (χ0n) is 11.6. The van der Waals surface area contributed by atoms with Crippen LogP contribution in [-0.2, 0) is 0 Å². The van der Waals surface area contributed by atoms with Crippen molar-refractivity contribution >= 4 is 17.5 Å². The number of ether oxygens (including phenoxy) is 1. The molecule has 1 aliphatic rings. The van der Waals surface area contributed by atoms with Crippen LogP contribution in [0.25, 0.3) is 0 Å². The Bertz CT molecular complexity index is 496. The Balaban J connectivity index is 2.12. The molecule has 0 N–H and O–H groups in total. The van der Waals surface area contributed by atoms with Crippen molar-refractivity contribution in [2.75, 3.05) is 13.1 Å². The van der Waals surface area contributed by atoms with Gasteiger partial charge in [0.25, 0.3) is 5.91 Å². The third-order valence-electron chi connectivity index (χ3n) is 3.05. The Hall–Kier alpha value is -1.36. The lowest BCUT2D eigenvalue weighted by atomic mass is 10.1. The fourth-order valence-corrected chi connectivity index (χ4v) is 2.36. The molecule has 6 heteroatoms. The minimum absolute atomic E-state index is 0.0454. The van der Waals surface area contributed by atoms with Gasteiger partial charge in [-0.15, -0.1) is 0 Å². The smallest absolute Gasteiger partial charge is 0.255 e. The normalized spacial score (nSPS) is 19.2. The average molecular weight is 301 g/mol. The Morgan fingerprint density at radius 2 is 2.35 bits per heavy atom. The van der Waals surface area contributed by atoms with Gasteiger partial charge in [0.1, 0.15) is 11.2 Å². The maximum Gasteiger partial charge on any atom is 0.255 e. The second-order valence-electron chi connectivity index (χ2n) is 5.17. The summed E-state index contributed by atoms with van der Waals surface area (Å²) in [4.78, 5) is 17.8. The van der Waals surface area contributed by atoms with Gasteiger partial charge in [-0.05, 0) is 32.8 Å². The monoisotopic (exact) mass is 300 g/mol. The van der Waals surface area contributed by atoms with Crippen molar-refractivity contribution in [3.8, 4) is 5.88 Å². The first-order valence-corrected chi connectivity index (χ1v) is 7.10. The molecule has 110 valence electrons. The maximum atomic E-state index is 13.3. The van der Waals surface area contributed by atoms with Gasteiger partial charge in [0.05, 0.1) is 18.2 Å². The lowest BCUT2D eigenvalue weighted by molar-refractivity contribution is 0.0635. The van der Waals surface area contributed by atoms with Crippen LogP contribution in [0.1, 0.15) is 37.0 Å². The number of rotatable bonds is 3. The number of halogens is 2. The predicted molar refractivity (Wildman–Crippen MR) is 75.0 cm³/mol. The van der Waals surface area contributed by atoms with E-state index in [0.29, 0.717) is 35.9 Å². The van der Waals surface area contributed by atoms with E-state index in [1.807, 2.05) is 13.8 Å². The molecule has 0 radical (unpaired) electrons. The number of carbonyl (C=O) groups is 1. The van der Waals surface area contributed by atoms with Crippen molar-refractivity contribution in [1.82, 2.24) is 9.88 Å². The van der Waals surface area contributed by atoms with Crippen molar-refractivity contribution in [1.29, 1.82) is 0 Å². The molecule has 1 amide bonds. The minimum atomic E-state index is -0.945. The number of carbonyl (C=O) groups excluding carboxylic acids is 1. The molecule has 1 atom stereocenters. The number of aromatic nitrogens is 1. The second kappa shape index (κ2) is 6.39. The molecule has 1 aromatic heterocycles. The van der Waals surface area contributed by atoms with Gasteiger partial charge < -0.3 is 9.64 Å². The van der Waals surface area contributed by atoms with E-state index in [0.717, 1.165) is 0 Å². The van der Waals surface area contributed by atoms with Gasteiger partial charge in [-0.2, -0.15) is 0 Å². The van der Waals surface area contributed by atoms with Gasteiger partial charge in [0.2, 0.25) is 5.88 Å². The molecule has 1 fully saturated rings. The summed E-state index contributed by atoms with van der Waals surface area (Å²) in [5.41, 5.74) is 0.361. The number of likely N-dealkylation sites (tertiary alicyclic amines) is 1. The number of hydrogen-bond acceptors (Lipinski definition) is 3. The first kappa shape index (κ1) is 15.0. The van der Waals surface area contributed by atoms with Crippen LogP contribution < -0.4 is 4.74 Å². The average Bonchev–Trinajstić information content (AvgIpc) is 2.40. The zero-order chi connectivity index (χ0) is 14.7. The van der Waals surface area contributed by atoms with Crippen LogP contribution in [-0.4, -0.2) is 41.2 Å². The van der Waals surface area contributed by atoms with E-state index in [1.165, 1.54) is 17.2 Å². The molecule has 4 nitrogen and oxygen atoms in total. The summed E-state index contributed by atoms with van der Waals surface area (Å²) in [6.45, 7) is 4.44. The Morgan fingerprint density at radius 1 is 1.60 bits per heavy atom. The van der Waals surface area contributed by atoms with E-state index in [4.69, 9.17) is 16.3 Å². The molecule has 2 rings (SSSR count). The SMILES string of the molecule is CC(C)Oc1ncc(C(=O)N2CCCC(F)C2)cc1Cl. The van der Waals surface area contributed by atoms with Crippen LogP contribution in [0.3, 0.4) is 0 Å². The highest BCUT2D eigenvalue weighted by molar-refractivity contribution is 6.32. The van der Waals surface area contributed by atoms with Gasteiger partial charge in [-0.25, -0.2) is 9.37 Å². The predicted octanol–water partition coefficient (Wildman–Crippen LogP) is 3.10. The van der Waals surface area contributed by atoms with E-state index in [-0.39, 0.29) is 18.6 Å². The Kier molecular flexibility index (Phi) is 4.81. The number of alkyl halides is 1. The van der Waals surface area contributed by atoms with Crippen LogP contribution >= 0.6 is 11.6 Å². The van der Waals surface area contributed by atoms with Crippen LogP contribution in [0, 0.1) is 0 Å². The summed E-state index contributed by atoms with van der Waals surface area (Å²) < 4.78 is 18.8. The summed E-state index contributed by atoms with van der Waals surface area (Å²) in [7, 11) is 0. The number of piperidine rings is 1. The van der Waals surface area contributed by atoms with E-state index >= 15 is 0 Å². The Morgan fingerprint density at radius 3 is 2.95 bits per heavy atom. The van der Waals surface area contributed by atoms with E-state index in [2.05, 4.69) is 4.98 Å². The molecule has 0 saturated carbocycles. The van der Waals surface area contributed by atoms with E-state index in [1.54, 1.807) is 0 Å². The standard InChI is InChI=1S/C14H18ClFN2O2/c1-9(2)20-13-12(15)6-10(7-17-13)14(19)18-5-3-4-11(16)8-18/h6-7,9,11H,3-5,8H2,1-2H3. The van der Waals surface area contributed by atoms with Crippen LogP contribution in [0.4, 0.5) is 4.39 Å². The van der Waals surface area contributed by atoms with Gasteiger partial charge in [-0.3, -0.25) is 4.79 Å². The van der Waals surface area contributed by atoms with Crippen LogP contribution in [0.2, 0.25) is 5.02 Å². The van der Waals surface area contributed by atoms with E-state index < -0.39 is 6.17 Å². The molecule has 1 saturated heterocycles. The maximum absolute atomic E-state index is 13.3. The summed E-state index contributed by atoms with van der Waals surface area (Å²) >= 11 is 6.05. The highest BCUT2D eigenvalue weighted by atomic mass is 35.5. The summed E-state index contributed by atoms with van der Waals surface area (Å²) in [5.74, 6) is 0.0677. The van der Waals surface area contributed by atoms with Crippen molar-refractivity contribution in [2.45, 2.75) is 39.0 Å². The molecule has 1 aliphatic heterocycles. The molecular weight excluding hydrogens is 283 g/mol. The quantitative estimate of drug-likeness (QED) is 0.861. The van der Waals surface area contributed by atoms with Gasteiger partial charge in [0, 0.05) is 12.7 Å². The van der Waals surface area contributed by atoms with Crippen LogP contribution in [0.15, 0.2) is 12.3 Å². The molecule has 2 heterocycles. The molecule has 1 unspecified atom stereocenters. The summed E-state index contributed by atoms with van der Waals surface area (Å²) in [6, 6.07) is 1.52. The molecule has 0 aliphatic carbocycles. The molecule has 20 heavy (non-hydrogen) atoms. The molecular formula is C14H18ClFN2O2. The largest absolute Gasteiger partial charge is 0.474 e. The lowest BCUT2D eigenvalue weighted by Crippen LogP contribution is -2.40. The first-order chi connectivity index (χ1) is 9.47. The minimum Gasteiger partial charge on any atom is -0.474 e. The zero-order valence-corrected chi connectivity index (χ0v) is 12.4. The molecule has 1 aromatic rings.